The van der Waals surface area contributed by atoms with Crippen LogP contribution in [0.1, 0.15) is 31.3 Å². The zero-order valence-electron chi connectivity index (χ0n) is 9.88. The van der Waals surface area contributed by atoms with Crippen molar-refractivity contribution in [3.05, 3.63) is 30.1 Å². The van der Waals surface area contributed by atoms with Gasteiger partial charge in [-0.15, -0.1) is 0 Å². The van der Waals surface area contributed by atoms with Gasteiger partial charge >= 0.3 is 0 Å². The van der Waals surface area contributed by atoms with E-state index in [1.807, 2.05) is 29.4 Å². The molecule has 0 aromatic carbocycles. The molecule has 0 aliphatic rings. The minimum Gasteiger partial charge on any atom is -0.323 e. The van der Waals surface area contributed by atoms with E-state index >= 15 is 0 Å². The summed E-state index contributed by atoms with van der Waals surface area (Å²) in [4.78, 5) is 4.15. The van der Waals surface area contributed by atoms with Crippen molar-refractivity contribution in [1.82, 2.24) is 19.3 Å². The molecule has 0 aliphatic carbocycles. The Morgan fingerprint density at radius 3 is 2.88 bits per heavy atom. The van der Waals surface area contributed by atoms with Gasteiger partial charge in [-0.05, 0) is 13.3 Å². The molecule has 16 heavy (non-hydrogen) atoms. The van der Waals surface area contributed by atoms with Gasteiger partial charge < -0.3 is 5.73 Å². The first kappa shape index (κ1) is 10.9. The standard InChI is InChI=1S/C11H17N5/c1-4-9-11(6-15(3)14-9)16-7-13-5-10(16)8(2)12/h5-8H,4,12H2,1-3H3/t8-/m0/s1. The molecule has 0 amide bonds. The molecule has 2 aromatic rings. The molecular formula is C11H17N5. The number of hydrogen-bond acceptors (Lipinski definition) is 3. The maximum atomic E-state index is 5.91. The second-order valence-corrected chi connectivity index (χ2v) is 3.97. The highest BCUT2D eigenvalue weighted by Crippen LogP contribution is 2.18. The Bertz CT molecular complexity index is 480. The molecule has 5 heteroatoms. The third kappa shape index (κ3) is 1.74. The lowest BCUT2D eigenvalue weighted by atomic mass is 10.2. The van der Waals surface area contributed by atoms with Crippen LogP contribution in [0.5, 0.6) is 0 Å². The molecule has 0 saturated carbocycles. The van der Waals surface area contributed by atoms with Gasteiger partial charge in [0.05, 0.1) is 29.6 Å². The first-order valence-electron chi connectivity index (χ1n) is 5.44. The summed E-state index contributed by atoms with van der Waals surface area (Å²) in [5.41, 5.74) is 9.03. The minimum absolute atomic E-state index is 0.0348. The number of aryl methyl sites for hydroxylation is 2. The number of nitrogens with two attached hydrogens (primary N) is 1. The molecule has 1 atom stereocenters. The average Bonchev–Trinajstić information content (AvgIpc) is 2.82. The smallest absolute Gasteiger partial charge is 0.0995 e. The van der Waals surface area contributed by atoms with Crippen LogP contribution in [0.2, 0.25) is 0 Å². The van der Waals surface area contributed by atoms with Crippen LogP contribution in [0, 0.1) is 0 Å². The number of imidazole rings is 1. The lowest BCUT2D eigenvalue weighted by Crippen LogP contribution is -2.11. The van der Waals surface area contributed by atoms with Gasteiger partial charge in [0.25, 0.3) is 0 Å². The van der Waals surface area contributed by atoms with Gasteiger partial charge in [-0.3, -0.25) is 9.25 Å². The van der Waals surface area contributed by atoms with Crippen LogP contribution in [0.25, 0.3) is 5.69 Å². The van der Waals surface area contributed by atoms with Crippen molar-refractivity contribution in [1.29, 1.82) is 0 Å². The average molecular weight is 219 g/mol. The van der Waals surface area contributed by atoms with Crippen LogP contribution < -0.4 is 5.73 Å². The summed E-state index contributed by atoms with van der Waals surface area (Å²) >= 11 is 0. The van der Waals surface area contributed by atoms with E-state index in [0.717, 1.165) is 23.5 Å². The summed E-state index contributed by atoms with van der Waals surface area (Å²) in [6.07, 6.45) is 6.48. The molecule has 0 bridgehead atoms. The van der Waals surface area contributed by atoms with Crippen LogP contribution in [0.15, 0.2) is 18.7 Å². The third-order valence-corrected chi connectivity index (χ3v) is 2.61. The highest BCUT2D eigenvalue weighted by Gasteiger charge is 2.13. The predicted molar refractivity (Wildman–Crippen MR) is 62.3 cm³/mol. The van der Waals surface area contributed by atoms with Gasteiger partial charge in [0.1, 0.15) is 0 Å². The van der Waals surface area contributed by atoms with Crippen LogP contribution in [-0.2, 0) is 13.5 Å². The van der Waals surface area contributed by atoms with E-state index in [9.17, 15) is 0 Å². The Labute approximate surface area is 94.9 Å². The fraction of sp³-hybridized carbons (Fsp3) is 0.455. The van der Waals surface area contributed by atoms with E-state index in [2.05, 4.69) is 17.0 Å². The second-order valence-electron chi connectivity index (χ2n) is 3.97. The van der Waals surface area contributed by atoms with E-state index in [4.69, 9.17) is 5.73 Å². The Kier molecular flexibility index (Phi) is 2.78. The highest BCUT2D eigenvalue weighted by molar-refractivity contribution is 5.37. The second kappa shape index (κ2) is 4.09. The van der Waals surface area contributed by atoms with Crippen LogP contribution in [0.4, 0.5) is 0 Å². The largest absolute Gasteiger partial charge is 0.323 e. The molecule has 2 aromatic heterocycles. The molecular weight excluding hydrogens is 202 g/mol. The lowest BCUT2D eigenvalue weighted by Gasteiger charge is -2.09. The molecule has 86 valence electrons. The van der Waals surface area contributed by atoms with Gasteiger partial charge in [0.15, 0.2) is 0 Å². The highest BCUT2D eigenvalue weighted by atomic mass is 15.3. The monoisotopic (exact) mass is 219 g/mol. The molecule has 0 unspecified atom stereocenters. The Balaban J connectivity index is 2.53. The molecule has 5 nitrogen and oxygen atoms in total. The molecule has 0 spiro atoms. The minimum atomic E-state index is -0.0348. The van der Waals surface area contributed by atoms with Crippen molar-refractivity contribution >= 4 is 0 Å². The molecule has 0 aliphatic heterocycles. The Morgan fingerprint density at radius 2 is 2.25 bits per heavy atom. The summed E-state index contributed by atoms with van der Waals surface area (Å²) < 4.78 is 3.83. The number of aromatic nitrogens is 4. The van der Waals surface area contributed by atoms with Gasteiger partial charge in [-0.1, -0.05) is 6.92 Å². The lowest BCUT2D eigenvalue weighted by molar-refractivity contribution is 0.746. The first-order chi connectivity index (χ1) is 7.63. The molecule has 0 radical (unpaired) electrons. The van der Waals surface area contributed by atoms with Gasteiger partial charge in [-0.2, -0.15) is 5.10 Å². The fourth-order valence-corrected chi connectivity index (χ4v) is 1.82. The maximum absolute atomic E-state index is 5.91. The third-order valence-electron chi connectivity index (χ3n) is 2.61. The molecule has 2 rings (SSSR count). The normalized spacial score (nSPS) is 13.0. The van der Waals surface area contributed by atoms with Gasteiger partial charge in [-0.25, -0.2) is 4.98 Å². The van der Waals surface area contributed by atoms with E-state index in [1.54, 1.807) is 12.5 Å². The van der Waals surface area contributed by atoms with Crippen LogP contribution >= 0.6 is 0 Å². The van der Waals surface area contributed by atoms with E-state index in [1.165, 1.54) is 0 Å². The van der Waals surface area contributed by atoms with Crippen molar-refractivity contribution < 1.29 is 0 Å². The zero-order chi connectivity index (χ0) is 11.7. The van der Waals surface area contributed by atoms with Crippen LogP contribution in [-0.4, -0.2) is 19.3 Å². The van der Waals surface area contributed by atoms with Crippen molar-refractivity contribution in [3.8, 4) is 5.69 Å². The summed E-state index contributed by atoms with van der Waals surface area (Å²) in [6, 6.07) is -0.0348. The van der Waals surface area contributed by atoms with Crippen molar-refractivity contribution in [2.24, 2.45) is 12.8 Å². The summed E-state index contributed by atoms with van der Waals surface area (Å²) in [6.45, 7) is 4.05. The maximum Gasteiger partial charge on any atom is 0.0995 e. The SMILES string of the molecule is CCc1nn(C)cc1-n1cncc1[C@H](C)N. The van der Waals surface area contributed by atoms with E-state index < -0.39 is 0 Å². The Morgan fingerprint density at radius 1 is 1.50 bits per heavy atom. The number of nitrogens with zero attached hydrogens (tertiary/aromatic N) is 4. The van der Waals surface area contributed by atoms with Crippen LogP contribution in [0.3, 0.4) is 0 Å². The fourth-order valence-electron chi connectivity index (χ4n) is 1.82. The van der Waals surface area contributed by atoms with Gasteiger partial charge in [0, 0.05) is 19.3 Å². The quantitative estimate of drug-likeness (QED) is 0.843. The number of hydrogen-bond donors (Lipinski definition) is 1. The first-order valence-corrected chi connectivity index (χ1v) is 5.44. The van der Waals surface area contributed by atoms with Crippen molar-refractivity contribution in [3.63, 3.8) is 0 Å². The molecule has 2 N–H and O–H groups in total. The van der Waals surface area contributed by atoms with Crippen molar-refractivity contribution in [2.75, 3.05) is 0 Å². The molecule has 2 heterocycles. The Hall–Kier alpha value is -1.62. The summed E-state index contributed by atoms with van der Waals surface area (Å²) in [5, 5.41) is 4.41. The number of rotatable bonds is 3. The molecule has 0 saturated heterocycles. The van der Waals surface area contributed by atoms with Gasteiger partial charge in [0.2, 0.25) is 0 Å². The van der Waals surface area contributed by atoms with E-state index in [0.29, 0.717) is 0 Å². The van der Waals surface area contributed by atoms with E-state index in [-0.39, 0.29) is 6.04 Å². The topological polar surface area (TPSA) is 61.7 Å². The zero-order valence-corrected chi connectivity index (χ0v) is 9.88. The predicted octanol–water partition coefficient (Wildman–Crippen LogP) is 1.19. The molecule has 0 fully saturated rings. The summed E-state index contributed by atoms with van der Waals surface area (Å²) in [7, 11) is 1.92. The summed E-state index contributed by atoms with van der Waals surface area (Å²) in [5.74, 6) is 0. The van der Waals surface area contributed by atoms with Crippen molar-refractivity contribution in [2.45, 2.75) is 26.3 Å².